The maximum atomic E-state index is 12.1. The van der Waals surface area contributed by atoms with Crippen molar-refractivity contribution < 1.29 is 4.79 Å². The summed E-state index contributed by atoms with van der Waals surface area (Å²) in [5, 5.41) is 14.3. The third-order valence-electron chi connectivity index (χ3n) is 3.15. The molecular formula is C15H14N4OS2. The van der Waals surface area contributed by atoms with Gasteiger partial charge in [0.25, 0.3) is 0 Å². The molecule has 5 nitrogen and oxygen atoms in total. The molecule has 1 aromatic carbocycles. The van der Waals surface area contributed by atoms with Gasteiger partial charge < -0.3 is 0 Å². The molecule has 0 aliphatic rings. The molecular weight excluding hydrogens is 316 g/mol. The monoisotopic (exact) mass is 330 g/mol. The second-order valence-corrected chi connectivity index (χ2v) is 6.74. The number of aryl methyl sites for hydroxylation is 2. The number of hydrogen-bond donors (Lipinski definition) is 0. The first-order valence-electron chi connectivity index (χ1n) is 6.70. The Hall–Kier alpha value is -1.99. The molecule has 0 aliphatic carbocycles. The molecule has 0 fully saturated rings. The van der Waals surface area contributed by atoms with E-state index >= 15 is 0 Å². The van der Waals surface area contributed by atoms with Crippen LogP contribution in [0.4, 0.5) is 0 Å². The summed E-state index contributed by atoms with van der Waals surface area (Å²) >= 11 is 2.80. The van der Waals surface area contributed by atoms with E-state index in [4.69, 9.17) is 0 Å². The van der Waals surface area contributed by atoms with E-state index in [9.17, 15) is 4.79 Å². The zero-order chi connectivity index (χ0) is 15.5. The van der Waals surface area contributed by atoms with E-state index in [0.29, 0.717) is 10.9 Å². The summed E-state index contributed by atoms with van der Waals surface area (Å²) in [5.41, 5.74) is 3.22. The molecule has 0 aliphatic heterocycles. The minimum atomic E-state index is 0.0928. The van der Waals surface area contributed by atoms with Crippen molar-refractivity contribution in [1.82, 2.24) is 20.2 Å². The Balaban J connectivity index is 1.79. The van der Waals surface area contributed by atoms with Gasteiger partial charge in [0, 0.05) is 0 Å². The molecule has 0 spiro atoms. The fourth-order valence-corrected chi connectivity index (χ4v) is 3.62. The van der Waals surface area contributed by atoms with Gasteiger partial charge >= 0.3 is 0 Å². The van der Waals surface area contributed by atoms with Crippen LogP contribution in [0.3, 0.4) is 0 Å². The number of thioether (sulfide) groups is 1. The number of hydrogen-bond acceptors (Lipinski definition) is 6. The lowest BCUT2D eigenvalue weighted by Crippen LogP contribution is -2.04. The van der Waals surface area contributed by atoms with Crippen molar-refractivity contribution in [2.75, 3.05) is 5.75 Å². The summed E-state index contributed by atoms with van der Waals surface area (Å²) in [6, 6.07) is 9.81. The minimum absolute atomic E-state index is 0.0928. The summed E-state index contributed by atoms with van der Waals surface area (Å²) in [4.78, 5) is 12.8. The highest BCUT2D eigenvalue weighted by Crippen LogP contribution is 2.22. The standard InChI is InChI=1S/C15H14N4OS2/c1-10-5-6-12(11(2)8-10)19-15(16-17-18-19)22-9-13(20)14-4-3-7-21-14/h3-8H,9H2,1-2H3. The lowest BCUT2D eigenvalue weighted by Gasteiger charge is -2.07. The fraction of sp³-hybridized carbons (Fsp3) is 0.200. The number of nitrogens with zero attached hydrogens (tertiary/aromatic N) is 4. The topological polar surface area (TPSA) is 60.7 Å². The Kier molecular flexibility index (Phi) is 4.35. The van der Waals surface area contributed by atoms with Gasteiger partial charge in [-0.3, -0.25) is 4.79 Å². The number of Topliss-reactive ketones (excluding diaryl/α,β-unsaturated/α-hetero) is 1. The molecule has 0 unspecified atom stereocenters. The smallest absolute Gasteiger partial charge is 0.214 e. The molecule has 112 valence electrons. The third kappa shape index (κ3) is 3.10. The van der Waals surface area contributed by atoms with Crippen molar-refractivity contribution in [3.63, 3.8) is 0 Å². The molecule has 0 saturated heterocycles. The average molecular weight is 330 g/mol. The van der Waals surface area contributed by atoms with E-state index in [1.165, 1.54) is 28.7 Å². The zero-order valence-corrected chi connectivity index (χ0v) is 13.8. The van der Waals surface area contributed by atoms with Crippen molar-refractivity contribution in [2.45, 2.75) is 19.0 Å². The van der Waals surface area contributed by atoms with Gasteiger partial charge in [-0.15, -0.1) is 16.4 Å². The second kappa shape index (κ2) is 6.41. The summed E-state index contributed by atoms with van der Waals surface area (Å²) in [6.07, 6.45) is 0. The second-order valence-electron chi connectivity index (χ2n) is 4.85. The number of aromatic nitrogens is 4. The molecule has 22 heavy (non-hydrogen) atoms. The quantitative estimate of drug-likeness (QED) is 0.530. The van der Waals surface area contributed by atoms with Crippen LogP contribution in [0.15, 0.2) is 40.9 Å². The maximum absolute atomic E-state index is 12.1. The predicted octanol–water partition coefficient (Wildman–Crippen LogP) is 3.32. The molecule has 0 radical (unpaired) electrons. The average Bonchev–Trinajstić information content (AvgIpc) is 3.16. The van der Waals surface area contributed by atoms with Crippen LogP contribution in [0.5, 0.6) is 0 Å². The van der Waals surface area contributed by atoms with E-state index in [1.54, 1.807) is 4.68 Å². The Morgan fingerprint density at radius 2 is 2.18 bits per heavy atom. The van der Waals surface area contributed by atoms with Gasteiger partial charge in [-0.1, -0.05) is 35.5 Å². The van der Waals surface area contributed by atoms with Crippen LogP contribution >= 0.6 is 23.1 Å². The Morgan fingerprint density at radius 1 is 1.32 bits per heavy atom. The van der Waals surface area contributed by atoms with Crippen LogP contribution < -0.4 is 0 Å². The minimum Gasteiger partial charge on any atom is -0.292 e. The Bertz CT molecular complexity index is 796. The number of rotatable bonds is 5. The number of ketones is 1. The molecule has 2 heterocycles. The van der Waals surface area contributed by atoms with Gasteiger partial charge in [-0.25, -0.2) is 0 Å². The van der Waals surface area contributed by atoms with Crippen molar-refractivity contribution in [3.8, 4) is 5.69 Å². The van der Waals surface area contributed by atoms with Crippen molar-refractivity contribution in [1.29, 1.82) is 0 Å². The first-order chi connectivity index (χ1) is 10.6. The van der Waals surface area contributed by atoms with Crippen LogP contribution in [-0.4, -0.2) is 31.7 Å². The molecule has 0 amide bonds. The first kappa shape index (κ1) is 14.9. The van der Waals surface area contributed by atoms with Gasteiger partial charge in [-0.2, -0.15) is 4.68 Å². The molecule has 0 N–H and O–H groups in total. The molecule has 0 bridgehead atoms. The highest BCUT2D eigenvalue weighted by atomic mass is 32.2. The molecule has 0 atom stereocenters. The lowest BCUT2D eigenvalue weighted by molar-refractivity contribution is 0.102. The van der Waals surface area contributed by atoms with Crippen LogP contribution in [0.1, 0.15) is 20.8 Å². The zero-order valence-electron chi connectivity index (χ0n) is 12.2. The Morgan fingerprint density at radius 3 is 2.91 bits per heavy atom. The summed E-state index contributed by atoms with van der Waals surface area (Å²) in [5.74, 6) is 0.418. The summed E-state index contributed by atoms with van der Waals surface area (Å²) < 4.78 is 1.68. The van der Waals surface area contributed by atoms with Crippen LogP contribution in [-0.2, 0) is 0 Å². The molecule has 3 aromatic rings. The number of carbonyl (C=O) groups is 1. The first-order valence-corrected chi connectivity index (χ1v) is 8.57. The third-order valence-corrected chi connectivity index (χ3v) is 4.98. The van der Waals surface area contributed by atoms with Gasteiger partial charge in [0.05, 0.1) is 16.3 Å². The van der Waals surface area contributed by atoms with Crippen LogP contribution in [0.25, 0.3) is 5.69 Å². The number of benzene rings is 1. The van der Waals surface area contributed by atoms with E-state index in [2.05, 4.69) is 21.6 Å². The highest BCUT2D eigenvalue weighted by Gasteiger charge is 2.14. The fourth-order valence-electron chi connectivity index (χ4n) is 2.10. The SMILES string of the molecule is Cc1ccc(-n2nnnc2SCC(=O)c2cccs2)c(C)c1. The van der Waals surface area contributed by atoms with Crippen molar-refractivity contribution >= 4 is 28.9 Å². The van der Waals surface area contributed by atoms with E-state index in [1.807, 2.05) is 43.5 Å². The van der Waals surface area contributed by atoms with Gasteiger partial charge in [0.2, 0.25) is 5.16 Å². The number of thiophene rings is 1. The number of carbonyl (C=O) groups excluding carboxylic acids is 1. The van der Waals surface area contributed by atoms with E-state index in [0.717, 1.165) is 16.1 Å². The maximum Gasteiger partial charge on any atom is 0.214 e. The predicted molar refractivity (Wildman–Crippen MR) is 88.0 cm³/mol. The largest absolute Gasteiger partial charge is 0.292 e. The normalized spacial score (nSPS) is 10.8. The lowest BCUT2D eigenvalue weighted by atomic mass is 10.1. The summed E-state index contributed by atoms with van der Waals surface area (Å²) in [6.45, 7) is 4.07. The van der Waals surface area contributed by atoms with E-state index < -0.39 is 0 Å². The van der Waals surface area contributed by atoms with Gasteiger partial charge in [0.15, 0.2) is 5.78 Å². The molecule has 2 aromatic heterocycles. The highest BCUT2D eigenvalue weighted by molar-refractivity contribution is 7.99. The van der Waals surface area contributed by atoms with Crippen LogP contribution in [0, 0.1) is 13.8 Å². The van der Waals surface area contributed by atoms with Gasteiger partial charge in [-0.05, 0) is 47.4 Å². The molecule has 7 heteroatoms. The number of tetrazole rings is 1. The van der Waals surface area contributed by atoms with Crippen molar-refractivity contribution in [2.24, 2.45) is 0 Å². The van der Waals surface area contributed by atoms with Gasteiger partial charge in [0.1, 0.15) is 0 Å². The molecule has 0 saturated carbocycles. The molecule has 3 rings (SSSR count). The van der Waals surface area contributed by atoms with Crippen molar-refractivity contribution in [3.05, 3.63) is 51.7 Å². The van der Waals surface area contributed by atoms with Crippen LogP contribution in [0.2, 0.25) is 0 Å². The summed E-state index contributed by atoms with van der Waals surface area (Å²) in [7, 11) is 0. The Labute approximate surface area is 136 Å². The van der Waals surface area contributed by atoms with E-state index in [-0.39, 0.29) is 5.78 Å².